The zero-order valence-electron chi connectivity index (χ0n) is 12.2. The normalized spacial score (nSPS) is 11.1. The third kappa shape index (κ3) is 4.81. The van der Waals surface area contributed by atoms with E-state index < -0.39 is 5.97 Å². The molecule has 0 atom stereocenters. The van der Waals surface area contributed by atoms with Crippen molar-refractivity contribution >= 4 is 5.97 Å². The molecule has 0 aliphatic rings. The van der Waals surface area contributed by atoms with E-state index in [4.69, 9.17) is 9.84 Å². The van der Waals surface area contributed by atoms with Gasteiger partial charge in [0.2, 0.25) is 0 Å². The number of carboxylic acids is 1. The summed E-state index contributed by atoms with van der Waals surface area (Å²) in [6.45, 7) is 5.10. The minimum atomic E-state index is -0.804. The zero-order valence-corrected chi connectivity index (χ0v) is 12.2. The number of nitrogens with zero attached hydrogens (tertiary/aromatic N) is 1. The van der Waals surface area contributed by atoms with Crippen molar-refractivity contribution in [1.29, 1.82) is 0 Å². The lowest BCUT2D eigenvalue weighted by molar-refractivity contribution is -0.137. The number of aliphatic carboxylic acids is 1. The Morgan fingerprint density at radius 1 is 1.45 bits per heavy atom. The molecule has 5 heteroatoms. The van der Waals surface area contributed by atoms with Crippen LogP contribution >= 0.6 is 0 Å². The topological polar surface area (TPSA) is 49.8 Å². The Hall–Kier alpha value is -1.62. The number of methoxy groups -OCH3 is 1. The predicted molar refractivity (Wildman–Crippen MR) is 75.4 cm³/mol. The van der Waals surface area contributed by atoms with Crippen LogP contribution in [0.2, 0.25) is 0 Å². The maximum absolute atomic E-state index is 14.1. The first-order valence-corrected chi connectivity index (χ1v) is 6.73. The van der Waals surface area contributed by atoms with E-state index in [1.165, 1.54) is 7.11 Å². The Morgan fingerprint density at radius 2 is 2.15 bits per heavy atom. The lowest BCUT2D eigenvalue weighted by Gasteiger charge is -2.26. The summed E-state index contributed by atoms with van der Waals surface area (Å²) in [6.07, 6.45) is 0.683. The van der Waals surface area contributed by atoms with Crippen molar-refractivity contribution < 1.29 is 19.0 Å². The summed E-state index contributed by atoms with van der Waals surface area (Å²) in [5, 5.41) is 8.67. The number of carbonyl (C=O) groups is 1. The third-order valence-electron chi connectivity index (χ3n) is 3.20. The Balaban J connectivity index is 2.73. The van der Waals surface area contributed by atoms with Gasteiger partial charge in [0.15, 0.2) is 11.6 Å². The van der Waals surface area contributed by atoms with Crippen molar-refractivity contribution in [2.75, 3.05) is 13.7 Å². The number of carboxylic acid groups (broad SMARTS) is 1. The van der Waals surface area contributed by atoms with Crippen LogP contribution in [0, 0.1) is 5.82 Å². The van der Waals surface area contributed by atoms with E-state index in [-0.39, 0.29) is 24.0 Å². The first-order valence-electron chi connectivity index (χ1n) is 6.73. The molecule has 0 unspecified atom stereocenters. The van der Waals surface area contributed by atoms with Crippen LogP contribution in [0.3, 0.4) is 0 Å². The van der Waals surface area contributed by atoms with Gasteiger partial charge in [0.05, 0.1) is 7.11 Å². The van der Waals surface area contributed by atoms with Crippen molar-refractivity contribution in [2.24, 2.45) is 0 Å². The Morgan fingerprint density at radius 3 is 2.70 bits per heavy atom. The van der Waals surface area contributed by atoms with E-state index in [0.29, 0.717) is 25.1 Å². The van der Waals surface area contributed by atoms with Gasteiger partial charge >= 0.3 is 5.97 Å². The fraction of sp³-hybridized carbons (Fsp3) is 0.533. The van der Waals surface area contributed by atoms with Crippen LogP contribution in [-0.4, -0.2) is 35.7 Å². The number of halogens is 1. The fourth-order valence-electron chi connectivity index (χ4n) is 2.01. The standard InChI is InChI=1S/C15H22FNO3/c1-11(2)17(9-5-8-14(18)19)10-12-6-4-7-13(20-3)15(12)16/h4,6-7,11H,5,8-10H2,1-3H3,(H,18,19). The van der Waals surface area contributed by atoms with Gasteiger partial charge in [0.1, 0.15) is 0 Å². The quantitative estimate of drug-likeness (QED) is 0.797. The van der Waals surface area contributed by atoms with Crippen LogP contribution < -0.4 is 4.74 Å². The van der Waals surface area contributed by atoms with E-state index in [1.54, 1.807) is 18.2 Å². The van der Waals surface area contributed by atoms with Crippen LogP contribution in [0.1, 0.15) is 32.3 Å². The van der Waals surface area contributed by atoms with Gasteiger partial charge in [-0.1, -0.05) is 12.1 Å². The van der Waals surface area contributed by atoms with E-state index in [2.05, 4.69) is 4.90 Å². The first kappa shape index (κ1) is 16.4. The van der Waals surface area contributed by atoms with Crippen LogP contribution in [0.25, 0.3) is 0 Å². The first-order chi connectivity index (χ1) is 9.45. The fourth-order valence-corrected chi connectivity index (χ4v) is 2.01. The highest BCUT2D eigenvalue weighted by atomic mass is 19.1. The second-order valence-corrected chi connectivity index (χ2v) is 4.99. The van der Waals surface area contributed by atoms with Gasteiger partial charge < -0.3 is 9.84 Å². The van der Waals surface area contributed by atoms with Crippen molar-refractivity contribution in [3.8, 4) is 5.75 Å². The molecule has 1 aromatic rings. The number of rotatable bonds is 8. The zero-order chi connectivity index (χ0) is 15.1. The molecule has 0 saturated carbocycles. The third-order valence-corrected chi connectivity index (χ3v) is 3.20. The Bertz CT molecular complexity index is 449. The van der Waals surface area contributed by atoms with Gasteiger partial charge in [0, 0.05) is 24.6 Å². The molecule has 20 heavy (non-hydrogen) atoms. The summed E-state index contributed by atoms with van der Waals surface area (Å²) < 4.78 is 19.1. The SMILES string of the molecule is COc1cccc(CN(CCCC(=O)O)C(C)C)c1F. The van der Waals surface area contributed by atoms with E-state index in [1.807, 2.05) is 13.8 Å². The number of ether oxygens (including phenoxy) is 1. The molecule has 4 nitrogen and oxygen atoms in total. The molecule has 0 aliphatic heterocycles. The highest BCUT2D eigenvalue weighted by Crippen LogP contribution is 2.22. The van der Waals surface area contributed by atoms with Crippen molar-refractivity contribution in [2.45, 2.75) is 39.3 Å². The Kier molecular flexibility index (Phi) is 6.45. The van der Waals surface area contributed by atoms with E-state index >= 15 is 0 Å². The van der Waals surface area contributed by atoms with Crippen molar-refractivity contribution in [3.05, 3.63) is 29.6 Å². The number of benzene rings is 1. The average molecular weight is 283 g/mol. The highest BCUT2D eigenvalue weighted by molar-refractivity contribution is 5.66. The summed E-state index contributed by atoms with van der Waals surface area (Å²) in [5.41, 5.74) is 0.563. The molecule has 0 fully saturated rings. The molecule has 1 N–H and O–H groups in total. The monoisotopic (exact) mass is 283 g/mol. The minimum Gasteiger partial charge on any atom is -0.494 e. The molecular weight excluding hydrogens is 261 g/mol. The highest BCUT2D eigenvalue weighted by Gasteiger charge is 2.15. The average Bonchev–Trinajstić information content (AvgIpc) is 2.39. The molecule has 0 aliphatic carbocycles. The number of hydrogen-bond donors (Lipinski definition) is 1. The molecular formula is C15H22FNO3. The molecule has 0 radical (unpaired) electrons. The van der Waals surface area contributed by atoms with Crippen molar-refractivity contribution in [1.82, 2.24) is 4.90 Å². The molecule has 1 rings (SSSR count). The second-order valence-electron chi connectivity index (χ2n) is 4.99. The molecule has 0 heterocycles. The van der Waals surface area contributed by atoms with Gasteiger partial charge in [-0.3, -0.25) is 9.69 Å². The molecule has 0 bridgehead atoms. The second kappa shape index (κ2) is 7.85. The van der Waals surface area contributed by atoms with Crippen LogP contribution in [-0.2, 0) is 11.3 Å². The van der Waals surface area contributed by atoms with Crippen LogP contribution in [0.15, 0.2) is 18.2 Å². The molecule has 112 valence electrons. The summed E-state index contributed by atoms with van der Waals surface area (Å²) in [5.74, 6) is -0.920. The summed E-state index contributed by atoms with van der Waals surface area (Å²) >= 11 is 0. The lowest BCUT2D eigenvalue weighted by atomic mass is 10.1. The molecule has 0 spiro atoms. The molecule has 0 amide bonds. The summed E-state index contributed by atoms with van der Waals surface area (Å²) in [4.78, 5) is 12.6. The molecule has 1 aromatic carbocycles. The molecule has 0 aromatic heterocycles. The van der Waals surface area contributed by atoms with Gasteiger partial charge in [0.25, 0.3) is 0 Å². The molecule has 0 saturated heterocycles. The van der Waals surface area contributed by atoms with E-state index in [0.717, 1.165) is 0 Å². The smallest absolute Gasteiger partial charge is 0.303 e. The van der Waals surface area contributed by atoms with Gasteiger partial charge in [-0.25, -0.2) is 4.39 Å². The van der Waals surface area contributed by atoms with Gasteiger partial charge in [-0.15, -0.1) is 0 Å². The largest absolute Gasteiger partial charge is 0.494 e. The maximum atomic E-state index is 14.1. The van der Waals surface area contributed by atoms with Gasteiger partial charge in [-0.2, -0.15) is 0 Å². The van der Waals surface area contributed by atoms with Crippen molar-refractivity contribution in [3.63, 3.8) is 0 Å². The summed E-state index contributed by atoms with van der Waals surface area (Å²) in [6, 6.07) is 5.29. The van der Waals surface area contributed by atoms with Crippen LogP contribution in [0.4, 0.5) is 4.39 Å². The summed E-state index contributed by atoms with van der Waals surface area (Å²) in [7, 11) is 1.44. The Labute approximate surface area is 119 Å². The maximum Gasteiger partial charge on any atom is 0.303 e. The van der Waals surface area contributed by atoms with Gasteiger partial charge in [-0.05, 0) is 32.9 Å². The number of hydrogen-bond acceptors (Lipinski definition) is 3. The minimum absolute atomic E-state index is 0.129. The lowest BCUT2D eigenvalue weighted by Crippen LogP contribution is -2.32. The van der Waals surface area contributed by atoms with Crippen LogP contribution in [0.5, 0.6) is 5.75 Å². The van der Waals surface area contributed by atoms with E-state index in [9.17, 15) is 9.18 Å². The predicted octanol–water partition coefficient (Wildman–Crippen LogP) is 2.91.